The van der Waals surface area contributed by atoms with Crippen molar-refractivity contribution in [3.05, 3.63) is 107 Å². The lowest BCUT2D eigenvalue weighted by molar-refractivity contribution is 0.0997. The fourth-order valence-electron chi connectivity index (χ4n) is 4.00. The van der Waals surface area contributed by atoms with Crippen LogP contribution in [0.15, 0.2) is 99.8 Å². The molecule has 0 aliphatic heterocycles. The zero-order valence-corrected chi connectivity index (χ0v) is 19.6. The van der Waals surface area contributed by atoms with Crippen molar-refractivity contribution in [1.29, 1.82) is 0 Å². The number of aromatic nitrogens is 1. The standard InChI is InChI=1S/C28H16Cl2N2O3/c29-17-9-7-16(8-10-17)24-13-14-26(34-24)27(33)31-18-11-12-25-23(15-18)32-28(35-25)21-5-1-4-20-19(21)3-2-6-22(20)30/h1-15H,(H,31,33). The number of nitrogens with one attached hydrogen (secondary N) is 1. The largest absolute Gasteiger partial charge is 0.451 e. The number of oxazole rings is 1. The summed E-state index contributed by atoms with van der Waals surface area (Å²) in [5.74, 6) is 0.897. The van der Waals surface area contributed by atoms with Gasteiger partial charge in [-0.2, -0.15) is 0 Å². The van der Waals surface area contributed by atoms with Crippen LogP contribution in [0, 0.1) is 0 Å². The number of nitrogens with zero attached hydrogens (tertiary/aromatic N) is 1. The summed E-state index contributed by atoms with van der Waals surface area (Å²) >= 11 is 12.3. The molecule has 0 aliphatic carbocycles. The van der Waals surface area contributed by atoms with E-state index in [1.54, 1.807) is 42.5 Å². The van der Waals surface area contributed by atoms with Gasteiger partial charge in [0.15, 0.2) is 11.3 Å². The summed E-state index contributed by atoms with van der Waals surface area (Å²) in [6.45, 7) is 0. The Morgan fingerprint density at radius 3 is 2.46 bits per heavy atom. The summed E-state index contributed by atoms with van der Waals surface area (Å²) in [6.07, 6.45) is 0. The van der Waals surface area contributed by atoms with Crippen LogP contribution in [0.5, 0.6) is 0 Å². The molecule has 6 aromatic rings. The van der Waals surface area contributed by atoms with Gasteiger partial charge in [0.2, 0.25) is 5.89 Å². The van der Waals surface area contributed by atoms with Crippen LogP contribution in [0.1, 0.15) is 10.6 Å². The minimum Gasteiger partial charge on any atom is -0.451 e. The maximum atomic E-state index is 12.8. The predicted molar refractivity (Wildman–Crippen MR) is 139 cm³/mol. The average Bonchev–Trinajstić information content (AvgIpc) is 3.52. The molecule has 7 heteroatoms. The minimum absolute atomic E-state index is 0.198. The highest BCUT2D eigenvalue weighted by Crippen LogP contribution is 2.34. The summed E-state index contributed by atoms with van der Waals surface area (Å²) in [4.78, 5) is 17.4. The lowest BCUT2D eigenvalue weighted by Gasteiger charge is -2.04. The van der Waals surface area contributed by atoms with E-state index in [2.05, 4.69) is 10.3 Å². The lowest BCUT2D eigenvalue weighted by atomic mass is 10.0. The molecule has 0 fully saturated rings. The van der Waals surface area contributed by atoms with E-state index < -0.39 is 0 Å². The first-order chi connectivity index (χ1) is 17.0. The van der Waals surface area contributed by atoms with Crippen molar-refractivity contribution in [2.75, 3.05) is 5.32 Å². The quantitative estimate of drug-likeness (QED) is 0.264. The highest BCUT2D eigenvalue weighted by Gasteiger charge is 2.16. The number of furan rings is 1. The van der Waals surface area contributed by atoms with E-state index in [1.165, 1.54) is 0 Å². The van der Waals surface area contributed by atoms with Crippen LogP contribution in [-0.2, 0) is 0 Å². The van der Waals surface area contributed by atoms with Gasteiger partial charge >= 0.3 is 0 Å². The van der Waals surface area contributed by atoms with Gasteiger partial charge in [0.25, 0.3) is 5.91 Å². The molecule has 6 rings (SSSR count). The second-order valence-corrected chi connectivity index (χ2v) is 8.81. The molecule has 35 heavy (non-hydrogen) atoms. The van der Waals surface area contributed by atoms with Crippen LogP contribution in [0.4, 0.5) is 5.69 Å². The van der Waals surface area contributed by atoms with Crippen molar-refractivity contribution in [3.8, 4) is 22.8 Å². The highest BCUT2D eigenvalue weighted by molar-refractivity contribution is 6.35. The molecule has 1 N–H and O–H groups in total. The van der Waals surface area contributed by atoms with E-state index in [0.29, 0.717) is 38.5 Å². The summed E-state index contributed by atoms with van der Waals surface area (Å²) < 4.78 is 11.8. The Kier molecular flexibility index (Phi) is 5.29. The molecule has 0 saturated carbocycles. The number of anilines is 1. The Morgan fingerprint density at radius 2 is 1.60 bits per heavy atom. The van der Waals surface area contributed by atoms with Crippen molar-refractivity contribution < 1.29 is 13.6 Å². The van der Waals surface area contributed by atoms with Crippen LogP contribution in [0.3, 0.4) is 0 Å². The van der Waals surface area contributed by atoms with E-state index in [1.807, 2.05) is 48.5 Å². The van der Waals surface area contributed by atoms with Gasteiger partial charge in [0.1, 0.15) is 11.3 Å². The number of benzene rings is 4. The highest BCUT2D eigenvalue weighted by atomic mass is 35.5. The second kappa shape index (κ2) is 8.62. The van der Waals surface area contributed by atoms with Gasteiger partial charge < -0.3 is 14.2 Å². The third kappa shape index (κ3) is 4.05. The van der Waals surface area contributed by atoms with Crippen LogP contribution < -0.4 is 5.32 Å². The zero-order valence-electron chi connectivity index (χ0n) is 18.1. The molecule has 4 aromatic carbocycles. The molecular formula is C28H16Cl2N2O3. The van der Waals surface area contributed by atoms with Crippen molar-refractivity contribution in [3.63, 3.8) is 0 Å². The van der Waals surface area contributed by atoms with Gasteiger partial charge in [-0.05, 0) is 72.1 Å². The molecule has 0 radical (unpaired) electrons. The Labute approximate surface area is 209 Å². The number of rotatable bonds is 4. The first-order valence-corrected chi connectivity index (χ1v) is 11.6. The third-order valence-electron chi connectivity index (χ3n) is 5.70. The van der Waals surface area contributed by atoms with Crippen molar-refractivity contribution in [2.24, 2.45) is 0 Å². The van der Waals surface area contributed by atoms with Gasteiger partial charge in [-0.3, -0.25) is 4.79 Å². The fraction of sp³-hybridized carbons (Fsp3) is 0. The third-order valence-corrected chi connectivity index (χ3v) is 6.28. The number of fused-ring (bicyclic) bond motifs is 2. The molecule has 5 nitrogen and oxygen atoms in total. The SMILES string of the molecule is O=C(Nc1ccc2oc(-c3cccc4c(Cl)cccc34)nc2c1)c1ccc(-c2ccc(Cl)cc2)o1. The first kappa shape index (κ1) is 21.5. The number of amides is 1. The maximum Gasteiger partial charge on any atom is 0.291 e. The van der Waals surface area contributed by atoms with Crippen LogP contribution in [-0.4, -0.2) is 10.9 Å². The molecule has 0 unspecified atom stereocenters. The molecule has 0 bridgehead atoms. The Bertz CT molecular complexity index is 1720. The van der Waals surface area contributed by atoms with Gasteiger partial charge in [0.05, 0.1) is 0 Å². The van der Waals surface area contributed by atoms with Gasteiger partial charge in [-0.15, -0.1) is 0 Å². The smallest absolute Gasteiger partial charge is 0.291 e. The molecule has 0 saturated heterocycles. The number of carbonyl (C=O) groups is 1. The summed E-state index contributed by atoms with van der Waals surface area (Å²) in [5, 5.41) is 6.04. The van der Waals surface area contributed by atoms with Crippen LogP contribution in [0.2, 0.25) is 10.0 Å². The molecule has 0 spiro atoms. The summed E-state index contributed by atoms with van der Waals surface area (Å²) in [5.41, 5.74) is 3.49. The fourth-order valence-corrected chi connectivity index (χ4v) is 4.36. The van der Waals surface area contributed by atoms with E-state index in [9.17, 15) is 4.79 Å². The van der Waals surface area contributed by atoms with E-state index in [-0.39, 0.29) is 11.7 Å². The molecule has 2 heterocycles. The van der Waals surface area contributed by atoms with Gasteiger partial charge in [-0.1, -0.05) is 47.5 Å². The topological polar surface area (TPSA) is 68.3 Å². The van der Waals surface area contributed by atoms with Crippen molar-refractivity contribution >= 4 is 56.7 Å². The first-order valence-electron chi connectivity index (χ1n) is 10.8. The Morgan fingerprint density at radius 1 is 0.800 bits per heavy atom. The molecular weight excluding hydrogens is 483 g/mol. The Hall–Kier alpha value is -4.06. The molecule has 1 amide bonds. The zero-order chi connectivity index (χ0) is 23.9. The Balaban J connectivity index is 1.27. The molecule has 0 aliphatic rings. The molecule has 2 aromatic heterocycles. The molecule has 170 valence electrons. The predicted octanol–water partition coefficient (Wildman–Crippen LogP) is 8.47. The van der Waals surface area contributed by atoms with E-state index in [4.69, 9.17) is 32.0 Å². The van der Waals surface area contributed by atoms with Gasteiger partial charge in [-0.25, -0.2) is 4.98 Å². The van der Waals surface area contributed by atoms with E-state index in [0.717, 1.165) is 21.9 Å². The number of halogens is 2. The number of carbonyl (C=O) groups excluding carboxylic acids is 1. The maximum absolute atomic E-state index is 12.8. The van der Waals surface area contributed by atoms with Crippen LogP contribution >= 0.6 is 23.2 Å². The monoisotopic (exact) mass is 498 g/mol. The number of hydrogen-bond acceptors (Lipinski definition) is 4. The second-order valence-electron chi connectivity index (χ2n) is 7.97. The minimum atomic E-state index is -0.364. The average molecular weight is 499 g/mol. The van der Waals surface area contributed by atoms with E-state index >= 15 is 0 Å². The lowest BCUT2D eigenvalue weighted by Crippen LogP contribution is -2.10. The number of hydrogen-bond donors (Lipinski definition) is 1. The summed E-state index contributed by atoms with van der Waals surface area (Å²) in [7, 11) is 0. The van der Waals surface area contributed by atoms with Crippen LogP contribution in [0.25, 0.3) is 44.7 Å². The van der Waals surface area contributed by atoms with Crippen molar-refractivity contribution in [1.82, 2.24) is 4.98 Å². The van der Waals surface area contributed by atoms with Crippen molar-refractivity contribution in [2.45, 2.75) is 0 Å². The normalized spacial score (nSPS) is 11.3. The van der Waals surface area contributed by atoms with Gasteiger partial charge in [0, 0.05) is 32.2 Å². The summed E-state index contributed by atoms with van der Waals surface area (Å²) in [6, 6.07) is 27.5. The molecule has 0 atom stereocenters.